The normalized spacial score (nSPS) is 10.9. The van der Waals surface area contributed by atoms with E-state index in [1.807, 2.05) is 74.5 Å². The van der Waals surface area contributed by atoms with E-state index in [1.165, 1.54) is 11.8 Å². The summed E-state index contributed by atoms with van der Waals surface area (Å²) in [6.45, 7) is 4.18. The molecule has 3 aromatic rings. The average Bonchev–Trinajstić information content (AvgIpc) is 2.74. The molecule has 0 unspecified atom stereocenters. The molecule has 5 heteroatoms. The van der Waals surface area contributed by atoms with Crippen LogP contribution in [0, 0.1) is 0 Å². The fourth-order valence-electron chi connectivity index (χ4n) is 3.01. The summed E-state index contributed by atoms with van der Waals surface area (Å²) in [6, 6.07) is 24.0. The molecule has 0 bridgehead atoms. The molecule has 29 heavy (non-hydrogen) atoms. The summed E-state index contributed by atoms with van der Waals surface area (Å²) in [7, 11) is 0. The number of thioether (sulfide) groups is 1. The minimum Gasteiger partial charge on any atom is -0.455 e. The number of hydrogen-bond donors (Lipinski definition) is 0. The molecule has 0 heterocycles. The molecule has 3 rings (SSSR count). The number of benzene rings is 3. The van der Waals surface area contributed by atoms with E-state index in [0.29, 0.717) is 6.54 Å². The number of fused-ring (bicyclic) bond motifs is 1. The molecule has 0 saturated carbocycles. The number of amides is 1. The Labute approximate surface area is 175 Å². The van der Waals surface area contributed by atoms with Crippen LogP contribution in [0.1, 0.15) is 19.4 Å². The van der Waals surface area contributed by atoms with Crippen LogP contribution >= 0.6 is 11.8 Å². The van der Waals surface area contributed by atoms with Crippen LogP contribution in [-0.2, 0) is 20.9 Å². The quantitative estimate of drug-likeness (QED) is 0.393. The topological polar surface area (TPSA) is 46.6 Å². The summed E-state index contributed by atoms with van der Waals surface area (Å²) < 4.78 is 5.23. The zero-order chi connectivity index (χ0) is 20.6. The molecule has 0 aliphatic heterocycles. The highest BCUT2D eigenvalue weighted by Gasteiger charge is 2.19. The van der Waals surface area contributed by atoms with Crippen molar-refractivity contribution in [2.45, 2.75) is 31.3 Å². The fourth-order valence-corrected chi connectivity index (χ4v) is 3.75. The van der Waals surface area contributed by atoms with Crippen LogP contribution in [0.15, 0.2) is 77.7 Å². The third kappa shape index (κ3) is 6.09. The minimum atomic E-state index is -0.389. The first-order valence-electron chi connectivity index (χ1n) is 9.63. The highest BCUT2D eigenvalue weighted by molar-refractivity contribution is 8.00. The van der Waals surface area contributed by atoms with Gasteiger partial charge in [0, 0.05) is 17.5 Å². The maximum atomic E-state index is 12.6. The van der Waals surface area contributed by atoms with Gasteiger partial charge in [0.2, 0.25) is 0 Å². The number of ether oxygens (including phenoxy) is 1. The van der Waals surface area contributed by atoms with E-state index in [1.54, 1.807) is 4.90 Å². The Bertz CT molecular complexity index is 972. The molecule has 4 nitrogen and oxygen atoms in total. The van der Waals surface area contributed by atoms with E-state index in [0.717, 1.165) is 21.2 Å². The van der Waals surface area contributed by atoms with Gasteiger partial charge in [0.05, 0.1) is 5.75 Å². The van der Waals surface area contributed by atoms with Gasteiger partial charge in [0.15, 0.2) is 6.61 Å². The Morgan fingerprint density at radius 2 is 1.62 bits per heavy atom. The Kier molecular flexibility index (Phi) is 7.30. The van der Waals surface area contributed by atoms with E-state index >= 15 is 0 Å². The summed E-state index contributed by atoms with van der Waals surface area (Å²) in [6.07, 6.45) is 0. The molecule has 0 aliphatic carbocycles. The Morgan fingerprint density at radius 1 is 0.931 bits per heavy atom. The SMILES string of the molecule is CC(C)N(Cc1ccccc1)C(=O)COC(=O)CSc1ccc2ccccc2c1. The van der Waals surface area contributed by atoms with Gasteiger partial charge in [-0.25, -0.2) is 0 Å². The van der Waals surface area contributed by atoms with Crippen molar-refractivity contribution in [1.29, 1.82) is 0 Å². The molecule has 0 saturated heterocycles. The first kappa shape index (κ1) is 20.9. The second-order valence-electron chi connectivity index (χ2n) is 7.06. The van der Waals surface area contributed by atoms with Crippen molar-refractivity contribution in [2.24, 2.45) is 0 Å². The van der Waals surface area contributed by atoms with Crippen LogP contribution in [0.3, 0.4) is 0 Å². The maximum absolute atomic E-state index is 12.6. The third-order valence-electron chi connectivity index (χ3n) is 4.57. The Hall–Kier alpha value is -2.79. The van der Waals surface area contributed by atoms with E-state index in [-0.39, 0.29) is 30.3 Å². The van der Waals surface area contributed by atoms with E-state index in [2.05, 4.69) is 12.1 Å². The third-order valence-corrected chi connectivity index (χ3v) is 5.54. The van der Waals surface area contributed by atoms with Crippen molar-refractivity contribution in [3.05, 3.63) is 78.4 Å². The zero-order valence-electron chi connectivity index (χ0n) is 16.7. The molecule has 0 aromatic heterocycles. The fraction of sp³-hybridized carbons (Fsp3) is 0.250. The first-order chi connectivity index (χ1) is 14.0. The first-order valence-corrected chi connectivity index (χ1v) is 10.6. The lowest BCUT2D eigenvalue weighted by Crippen LogP contribution is -2.39. The predicted octanol–water partition coefficient (Wildman–Crippen LogP) is 4.91. The highest BCUT2D eigenvalue weighted by Crippen LogP contribution is 2.23. The van der Waals surface area contributed by atoms with Gasteiger partial charge >= 0.3 is 5.97 Å². The molecule has 3 aromatic carbocycles. The number of nitrogens with zero attached hydrogens (tertiary/aromatic N) is 1. The summed E-state index contributed by atoms with van der Waals surface area (Å²) in [5.74, 6) is -0.403. The largest absolute Gasteiger partial charge is 0.455 e. The van der Waals surface area contributed by atoms with Crippen LogP contribution in [0.2, 0.25) is 0 Å². The Balaban J connectivity index is 1.49. The van der Waals surface area contributed by atoms with Crippen molar-refractivity contribution in [3.63, 3.8) is 0 Å². The molecule has 0 fully saturated rings. The van der Waals surface area contributed by atoms with E-state index in [9.17, 15) is 9.59 Å². The molecule has 0 atom stereocenters. The van der Waals surface area contributed by atoms with Crippen molar-refractivity contribution in [1.82, 2.24) is 4.90 Å². The summed E-state index contributed by atoms with van der Waals surface area (Å²) in [5.41, 5.74) is 1.05. The lowest BCUT2D eigenvalue weighted by molar-refractivity contribution is -0.151. The molecule has 0 aliphatic rings. The van der Waals surface area contributed by atoms with Gasteiger partial charge in [-0.1, -0.05) is 60.7 Å². The molecular formula is C24H25NO3S. The lowest BCUT2D eigenvalue weighted by Gasteiger charge is -2.26. The molecule has 0 radical (unpaired) electrons. The van der Waals surface area contributed by atoms with Gasteiger partial charge in [-0.2, -0.15) is 0 Å². The van der Waals surface area contributed by atoms with Gasteiger partial charge in [-0.3, -0.25) is 9.59 Å². The van der Waals surface area contributed by atoms with Crippen molar-refractivity contribution in [2.75, 3.05) is 12.4 Å². The molecule has 1 amide bonds. The van der Waals surface area contributed by atoms with Crippen molar-refractivity contribution >= 4 is 34.4 Å². The van der Waals surface area contributed by atoms with Gasteiger partial charge in [0.25, 0.3) is 5.91 Å². The molecule has 150 valence electrons. The van der Waals surface area contributed by atoms with Crippen LogP contribution in [0.25, 0.3) is 10.8 Å². The van der Waals surface area contributed by atoms with Crippen molar-refractivity contribution < 1.29 is 14.3 Å². The second-order valence-corrected chi connectivity index (χ2v) is 8.11. The Morgan fingerprint density at radius 3 is 2.34 bits per heavy atom. The summed E-state index contributed by atoms with van der Waals surface area (Å²) >= 11 is 1.41. The van der Waals surface area contributed by atoms with Gasteiger partial charge in [-0.05, 0) is 42.3 Å². The van der Waals surface area contributed by atoms with Gasteiger partial charge < -0.3 is 9.64 Å². The number of esters is 1. The monoisotopic (exact) mass is 407 g/mol. The molecule has 0 N–H and O–H groups in total. The summed E-state index contributed by atoms with van der Waals surface area (Å²) in [5, 5.41) is 2.30. The van der Waals surface area contributed by atoms with Crippen LogP contribution in [-0.4, -0.2) is 35.2 Å². The minimum absolute atomic E-state index is 0.0217. The molecule has 0 spiro atoms. The van der Waals surface area contributed by atoms with Crippen molar-refractivity contribution in [3.8, 4) is 0 Å². The van der Waals surface area contributed by atoms with Gasteiger partial charge in [0.1, 0.15) is 0 Å². The standard InChI is InChI=1S/C24H25NO3S/c1-18(2)25(15-19-8-4-3-5-9-19)23(26)16-28-24(27)17-29-22-13-12-20-10-6-7-11-21(20)14-22/h3-14,18H,15-17H2,1-2H3. The van der Waals surface area contributed by atoms with Crippen LogP contribution in [0.5, 0.6) is 0 Å². The highest BCUT2D eigenvalue weighted by atomic mass is 32.2. The van der Waals surface area contributed by atoms with Crippen LogP contribution < -0.4 is 0 Å². The van der Waals surface area contributed by atoms with Gasteiger partial charge in [-0.15, -0.1) is 11.8 Å². The lowest BCUT2D eigenvalue weighted by atomic mass is 10.1. The smallest absolute Gasteiger partial charge is 0.316 e. The zero-order valence-corrected chi connectivity index (χ0v) is 17.5. The predicted molar refractivity (Wildman–Crippen MR) is 118 cm³/mol. The number of hydrogen-bond acceptors (Lipinski definition) is 4. The number of carbonyl (C=O) groups excluding carboxylic acids is 2. The second kappa shape index (κ2) is 10.1. The average molecular weight is 408 g/mol. The number of carbonyl (C=O) groups is 2. The maximum Gasteiger partial charge on any atom is 0.316 e. The van der Waals surface area contributed by atoms with E-state index in [4.69, 9.17) is 4.74 Å². The van der Waals surface area contributed by atoms with Crippen LogP contribution in [0.4, 0.5) is 0 Å². The van der Waals surface area contributed by atoms with E-state index < -0.39 is 0 Å². The number of rotatable bonds is 8. The summed E-state index contributed by atoms with van der Waals surface area (Å²) in [4.78, 5) is 27.4. The molecular weight excluding hydrogens is 382 g/mol.